The molecule has 0 aliphatic carbocycles. The minimum absolute atomic E-state index is 0.0144. The molecule has 47 heavy (non-hydrogen) atoms. The van der Waals surface area contributed by atoms with Crippen LogP contribution < -0.4 is 5.32 Å². The summed E-state index contributed by atoms with van der Waals surface area (Å²) in [4.78, 5) is 63.4. The number of nitrogens with zero attached hydrogens (tertiary/aromatic N) is 1. The van der Waals surface area contributed by atoms with E-state index in [-0.39, 0.29) is 40.9 Å². The van der Waals surface area contributed by atoms with Crippen LogP contribution in [0.4, 0.5) is 4.39 Å². The number of halogens is 1. The van der Waals surface area contributed by atoms with Crippen molar-refractivity contribution in [3.05, 3.63) is 137 Å². The van der Waals surface area contributed by atoms with E-state index in [9.17, 15) is 33.1 Å². The van der Waals surface area contributed by atoms with Crippen LogP contribution in [0.25, 0.3) is 27.6 Å². The molecule has 6 rings (SSSR count). The van der Waals surface area contributed by atoms with Crippen LogP contribution in [0.5, 0.6) is 0 Å². The van der Waals surface area contributed by atoms with Crippen LogP contribution in [0.2, 0.25) is 0 Å². The van der Waals surface area contributed by atoms with Crippen LogP contribution in [-0.2, 0) is 9.36 Å². The largest absolute Gasteiger partial charge is 0.352 e. The average Bonchev–Trinajstić information content (AvgIpc) is 3.55. The zero-order chi connectivity index (χ0) is 33.1. The van der Waals surface area contributed by atoms with E-state index >= 15 is 0 Å². The zero-order valence-electron chi connectivity index (χ0n) is 25.3. The van der Waals surface area contributed by atoms with Crippen LogP contribution >= 0.6 is 7.60 Å². The van der Waals surface area contributed by atoms with Gasteiger partial charge in [-0.05, 0) is 75.4 Å². The van der Waals surface area contributed by atoms with Gasteiger partial charge in [-0.3, -0.25) is 18.9 Å². The summed E-state index contributed by atoms with van der Waals surface area (Å²) in [5.74, 6) is -1.99. The Morgan fingerprint density at radius 2 is 1.51 bits per heavy atom. The van der Waals surface area contributed by atoms with E-state index in [0.717, 1.165) is 5.39 Å². The number of Topliss-reactive ketones (excluding diaryl/α,β-unsaturated/α-hetero) is 1. The molecule has 5 aromatic rings. The van der Waals surface area contributed by atoms with E-state index in [1.807, 2.05) is 0 Å². The second-order valence-corrected chi connectivity index (χ2v) is 13.4. The molecule has 1 fully saturated rings. The first kappa shape index (κ1) is 32.0. The molecule has 1 aliphatic heterocycles. The third kappa shape index (κ3) is 7.08. The highest BCUT2D eigenvalue weighted by Gasteiger charge is 2.40. The second-order valence-electron chi connectivity index (χ2n) is 11.7. The Morgan fingerprint density at radius 3 is 2.21 bits per heavy atom. The zero-order valence-corrected chi connectivity index (χ0v) is 26.1. The molecular weight excluding hydrogens is 618 g/mol. The van der Waals surface area contributed by atoms with Crippen LogP contribution in [0.3, 0.4) is 0 Å². The van der Waals surface area contributed by atoms with Crippen LogP contribution in [0, 0.1) is 11.7 Å². The molecule has 0 saturated carbocycles. The molecule has 5 aromatic carbocycles. The van der Waals surface area contributed by atoms with Gasteiger partial charge in [0.05, 0.1) is 5.56 Å². The van der Waals surface area contributed by atoms with E-state index < -0.39 is 24.9 Å². The number of carbonyl (C=O) groups excluding carboxylic acids is 3. The van der Waals surface area contributed by atoms with Gasteiger partial charge in [0.25, 0.3) is 5.91 Å². The lowest BCUT2D eigenvalue weighted by atomic mass is 9.92. The van der Waals surface area contributed by atoms with Gasteiger partial charge < -0.3 is 20.0 Å². The van der Waals surface area contributed by atoms with E-state index in [0.29, 0.717) is 41.2 Å². The lowest BCUT2D eigenvalue weighted by Gasteiger charge is -2.21. The molecule has 10 heteroatoms. The van der Waals surface area contributed by atoms with Crippen molar-refractivity contribution >= 4 is 52.8 Å². The Balaban J connectivity index is 1.24. The number of carbonyl (C=O) groups is 3. The molecule has 1 heterocycles. The Hall–Kier alpha value is -4.95. The predicted molar refractivity (Wildman–Crippen MR) is 179 cm³/mol. The maximum atomic E-state index is 14.2. The molecule has 238 valence electrons. The van der Waals surface area contributed by atoms with Crippen molar-refractivity contribution in [1.29, 1.82) is 0 Å². The first-order valence-electron chi connectivity index (χ1n) is 15.2. The summed E-state index contributed by atoms with van der Waals surface area (Å²) in [5.41, 5.74) is -1.01. The Kier molecular flexibility index (Phi) is 9.14. The van der Waals surface area contributed by atoms with E-state index in [1.165, 1.54) is 30.3 Å². The number of hydrogen-bond acceptors (Lipinski definition) is 4. The topological polar surface area (TPSA) is 124 Å². The van der Waals surface area contributed by atoms with Crippen molar-refractivity contribution in [2.75, 3.05) is 19.6 Å². The smallest absolute Gasteiger partial charge is 0.340 e. The van der Waals surface area contributed by atoms with Gasteiger partial charge in [-0.2, -0.15) is 0 Å². The summed E-state index contributed by atoms with van der Waals surface area (Å²) in [6.07, 6.45) is 3.72. The molecule has 0 bridgehead atoms. The lowest BCUT2D eigenvalue weighted by molar-refractivity contribution is -0.125. The van der Waals surface area contributed by atoms with E-state index in [4.69, 9.17) is 0 Å². The Bertz CT molecular complexity index is 2070. The van der Waals surface area contributed by atoms with Gasteiger partial charge >= 0.3 is 7.60 Å². The number of benzene rings is 5. The standard InChI is InChI=1S/C37H32FN2O6P/c38-29-15-12-24(13-16-29)14-17-34(41)40-19-18-25(23-40)22-39-37(43)33-21-28-8-2-1-7-27(28)20-32(33)35(42)36(47(44,45)46)31-11-5-9-26-6-3-4-10-30(26)31/h1-17,20-21,25,36H,18-19,22-23H2,(H,39,43)(H2,44,45,46). The molecule has 3 N–H and O–H groups in total. The van der Waals surface area contributed by atoms with Crippen molar-refractivity contribution in [2.45, 2.75) is 12.1 Å². The van der Waals surface area contributed by atoms with Gasteiger partial charge in [0.15, 0.2) is 5.78 Å². The highest BCUT2D eigenvalue weighted by Crippen LogP contribution is 2.55. The summed E-state index contributed by atoms with van der Waals surface area (Å²) >= 11 is 0. The maximum absolute atomic E-state index is 14.2. The number of nitrogens with one attached hydrogen (secondary N) is 1. The number of amides is 2. The summed E-state index contributed by atoms with van der Waals surface area (Å²) in [6.45, 7) is 1.15. The third-order valence-electron chi connectivity index (χ3n) is 8.54. The molecule has 2 unspecified atom stereocenters. The quantitative estimate of drug-likeness (QED) is 0.0948. The highest BCUT2D eigenvalue weighted by atomic mass is 31.2. The first-order valence-corrected chi connectivity index (χ1v) is 16.9. The molecular formula is C37H32FN2O6P. The molecule has 2 amide bonds. The molecule has 0 spiro atoms. The van der Waals surface area contributed by atoms with Crippen molar-refractivity contribution in [2.24, 2.45) is 5.92 Å². The second kappa shape index (κ2) is 13.4. The fraction of sp³-hybridized carbons (Fsp3) is 0.162. The van der Waals surface area contributed by atoms with Crippen molar-refractivity contribution < 1.29 is 33.1 Å². The minimum Gasteiger partial charge on any atom is -0.352 e. The lowest BCUT2D eigenvalue weighted by Crippen LogP contribution is -2.33. The molecule has 2 atom stereocenters. The number of ketones is 1. The summed E-state index contributed by atoms with van der Waals surface area (Å²) in [7, 11) is -5.05. The molecule has 0 radical (unpaired) electrons. The summed E-state index contributed by atoms with van der Waals surface area (Å²) in [5, 5.41) is 5.50. The summed E-state index contributed by atoms with van der Waals surface area (Å²) < 4.78 is 26.2. The monoisotopic (exact) mass is 650 g/mol. The van der Waals surface area contributed by atoms with E-state index in [1.54, 1.807) is 89.8 Å². The predicted octanol–water partition coefficient (Wildman–Crippen LogP) is 6.53. The number of fused-ring (bicyclic) bond motifs is 2. The van der Waals surface area contributed by atoms with Crippen LogP contribution in [0.15, 0.2) is 109 Å². The van der Waals surface area contributed by atoms with Gasteiger partial charge in [0.1, 0.15) is 11.5 Å². The van der Waals surface area contributed by atoms with Crippen LogP contribution in [0.1, 0.15) is 43.9 Å². The number of rotatable bonds is 9. The van der Waals surface area contributed by atoms with Crippen molar-refractivity contribution in [3.8, 4) is 0 Å². The normalized spacial score (nSPS) is 15.7. The third-order valence-corrected chi connectivity index (χ3v) is 9.72. The van der Waals surface area contributed by atoms with Gasteiger partial charge in [-0.15, -0.1) is 0 Å². The average molecular weight is 651 g/mol. The van der Waals surface area contributed by atoms with Gasteiger partial charge in [0.2, 0.25) is 5.91 Å². The van der Waals surface area contributed by atoms with Gasteiger partial charge in [-0.1, -0.05) is 78.9 Å². The van der Waals surface area contributed by atoms with Crippen molar-refractivity contribution in [1.82, 2.24) is 10.2 Å². The number of hydrogen-bond donors (Lipinski definition) is 3. The van der Waals surface area contributed by atoms with Crippen LogP contribution in [-0.4, -0.2) is 51.9 Å². The fourth-order valence-corrected chi connectivity index (χ4v) is 7.15. The minimum atomic E-state index is -5.05. The van der Waals surface area contributed by atoms with Crippen molar-refractivity contribution in [3.63, 3.8) is 0 Å². The number of likely N-dealkylation sites (tertiary alicyclic amines) is 1. The Morgan fingerprint density at radius 1 is 0.872 bits per heavy atom. The highest BCUT2D eigenvalue weighted by molar-refractivity contribution is 7.53. The van der Waals surface area contributed by atoms with E-state index in [2.05, 4.69) is 5.32 Å². The van der Waals surface area contributed by atoms with Gasteiger partial charge in [-0.25, -0.2) is 4.39 Å². The SMILES string of the molecule is O=C(NCC1CCN(C(=O)C=Cc2ccc(F)cc2)C1)c1cc2ccccc2cc1C(=O)C(c1cccc2ccccc12)P(=O)(O)O. The summed E-state index contributed by atoms with van der Waals surface area (Å²) in [6, 6.07) is 28.1. The maximum Gasteiger partial charge on any atom is 0.340 e. The molecule has 0 aromatic heterocycles. The molecule has 1 saturated heterocycles. The fourth-order valence-electron chi connectivity index (χ4n) is 6.12. The molecule has 8 nitrogen and oxygen atoms in total. The first-order chi connectivity index (χ1) is 22.6. The Labute approximate surface area is 270 Å². The van der Waals surface area contributed by atoms with Gasteiger partial charge in [0, 0.05) is 31.3 Å². The molecule has 1 aliphatic rings.